The Bertz CT molecular complexity index is 6720. The van der Waals surface area contributed by atoms with Crippen LogP contribution in [0.25, 0.3) is 117 Å². The zero-order valence-electron chi connectivity index (χ0n) is 85.6. The van der Waals surface area contributed by atoms with E-state index in [1.54, 1.807) is 18.3 Å². The van der Waals surface area contributed by atoms with Gasteiger partial charge >= 0.3 is 0 Å². The van der Waals surface area contributed by atoms with Crippen LogP contribution >= 0.6 is 0 Å². The molecule has 5 nitrogen and oxygen atoms in total. The molecule has 1 aliphatic carbocycles. The summed E-state index contributed by atoms with van der Waals surface area (Å²) in [6, 6.07) is 18.5. The van der Waals surface area contributed by atoms with Crippen LogP contribution in [0.15, 0.2) is 212 Å². The van der Waals surface area contributed by atoms with E-state index in [4.69, 9.17) is 26.2 Å². The minimum atomic E-state index is -4.84. The maximum absolute atomic E-state index is 10.6. The van der Waals surface area contributed by atoms with Crippen molar-refractivity contribution in [3.8, 4) is 95.5 Å². The first kappa shape index (κ1) is 26.6. The van der Waals surface area contributed by atoms with Gasteiger partial charge in [0, 0.05) is 61.4 Å². The number of imidazole rings is 1. The van der Waals surface area contributed by atoms with E-state index in [1.807, 2.05) is 67.8 Å². The van der Waals surface area contributed by atoms with Gasteiger partial charge in [-0.15, -0.1) is 0 Å². The molecule has 0 N–H and O–H groups in total. The number of aryl methyl sites for hydroxylation is 4. The van der Waals surface area contributed by atoms with Gasteiger partial charge < -0.3 is 4.74 Å². The lowest BCUT2D eigenvalue weighted by molar-refractivity contribution is -0.570. The molecule has 0 saturated carbocycles. The van der Waals surface area contributed by atoms with Crippen LogP contribution in [0.5, 0.6) is 11.5 Å². The smallest absolute Gasteiger partial charge is 0.269 e. The Morgan fingerprint density at radius 2 is 1.16 bits per heavy atom. The van der Waals surface area contributed by atoms with Crippen LogP contribution < -0.4 is 9.30 Å². The number of nitrogens with zero attached hydrogens (tertiary/aromatic N) is 4. The molecule has 2 aliphatic rings. The van der Waals surface area contributed by atoms with Crippen LogP contribution in [-0.4, -0.2) is 14.1 Å². The first-order valence-electron chi connectivity index (χ1n) is 47.0. The molecule has 5 heteroatoms. The molecule has 0 fully saturated rings. The zero-order valence-corrected chi connectivity index (χ0v) is 46.6. The largest absolute Gasteiger partial charge is 0.458 e. The summed E-state index contributed by atoms with van der Waals surface area (Å²) in [6.45, 7) is -25.5. The van der Waals surface area contributed by atoms with E-state index in [2.05, 4.69) is 6.33 Å². The topological polar surface area (TPSA) is 35.9 Å². The van der Waals surface area contributed by atoms with Gasteiger partial charge in [-0.3, -0.25) is 13.7 Å². The molecule has 13 aromatic rings. The van der Waals surface area contributed by atoms with E-state index in [-0.39, 0.29) is 22.6 Å². The summed E-state index contributed by atoms with van der Waals surface area (Å²) in [7, 11) is 0. The minimum absolute atomic E-state index is 0.0362. The predicted octanol–water partition coefficient (Wildman–Crippen LogP) is 21.2. The molecule has 15 rings (SSSR count). The van der Waals surface area contributed by atoms with Gasteiger partial charge in [0.25, 0.3) is 6.33 Å². The van der Waals surface area contributed by atoms with E-state index in [9.17, 15) is 37.0 Å². The molecule has 0 spiro atoms. The second kappa shape index (κ2) is 20.0. The Hall–Kier alpha value is -9.58. The summed E-state index contributed by atoms with van der Waals surface area (Å²) in [5, 5.41) is 1.59. The lowest BCUT2D eigenvalue weighted by Crippen LogP contribution is -2.33. The first-order valence-corrected chi connectivity index (χ1v) is 27.5. The first-order chi connectivity index (χ1) is 57.9. The highest BCUT2D eigenvalue weighted by Crippen LogP contribution is 2.51. The summed E-state index contributed by atoms with van der Waals surface area (Å²) < 4.78 is 379. The molecule has 10 aromatic carbocycles. The molecule has 0 atom stereocenters. The number of hydrogen-bond donors (Lipinski definition) is 0. The summed E-state index contributed by atoms with van der Waals surface area (Å²) in [5.74, 6) is 0.678. The van der Waals surface area contributed by atoms with Crippen LogP contribution in [0.2, 0.25) is 0 Å². The second-order valence-corrected chi connectivity index (χ2v) is 22.6. The number of pyridine rings is 1. The SMILES string of the molecule is [2H]c1c([2H])c([2H])c2c(c1[2H])-c1cc(-c3c(C([2H])([2H])[2H])cccc3C([2H])([2H])[2H])cc(-c3c(C([2H])([2H])[2H])cccc3C([2H])([2H])[2H])c1-[n+]1[c-]n(-c3cccc(Oc4ccc5c6ccccc6n(-c6cc(C(C)(C)C)ccn6)c5c4)c3)c3cc(-c4c([2H])c([2H])c5c(c4[2H])C(C([2H])([2H])[2H])(C([2H])([2H])[2H])C([2H])([2H])C([2H])([2H])C5(C([2H])([2H])[2H])C([2H])([2H])[2H])cc(c31)-c1c([2H])c([2H])c([2H])c([2H])c1-2. The maximum atomic E-state index is 10.6. The Labute approximate surface area is 566 Å². The summed E-state index contributed by atoms with van der Waals surface area (Å²) in [4.78, 5) is 4.81. The standard InChI is InChI=1S/C82H72N4O/c1-50-21-18-22-51(2)76(50)56-42-67-63-29-14-12-27-61(63)62-28-13-15-30-64(62)68-41-55(54-33-36-70-71(44-54)82(10,11)39-38-81(70,8)9)45-74-79(68)85(78(67)69(43-56)77-52(3)23-19-24-53(77)4)49-84(74)58-25-20-26-59(47-58)87-60-34-35-66-65-31-16-17-32-72(65)86(73(66)48-60)75-46-57(37-40-83-75)80(5,6)7/h12-37,40-48H,38-39H2,1-11H3/i1D3,2D3,3D3,4D3,8D3,9D3,10D3,11D3,12D,13D,14D,15D,27D,28D,29D,30D,33D,36D,38D2,39D2,44D. The fourth-order valence-corrected chi connectivity index (χ4v) is 11.9. The molecule has 87 heavy (non-hydrogen) atoms. The number of para-hydroxylation sites is 1. The summed E-state index contributed by atoms with van der Waals surface area (Å²) >= 11 is 0. The lowest BCUT2D eigenvalue weighted by Gasteiger charge is -2.42. The van der Waals surface area contributed by atoms with Crippen LogP contribution in [0.4, 0.5) is 0 Å². The van der Waals surface area contributed by atoms with Gasteiger partial charge in [0.15, 0.2) is 0 Å². The van der Waals surface area contributed by atoms with Crippen LogP contribution in [-0.2, 0) is 16.2 Å². The third-order valence-electron chi connectivity index (χ3n) is 16.0. The van der Waals surface area contributed by atoms with Crippen LogP contribution in [0.1, 0.15) is 153 Å². The predicted molar refractivity (Wildman–Crippen MR) is 361 cm³/mol. The van der Waals surface area contributed by atoms with Crippen molar-refractivity contribution in [3.63, 3.8) is 0 Å². The number of rotatable bonds is 7. The Kier molecular flexibility index (Phi) is 6.11. The van der Waals surface area contributed by atoms with E-state index in [1.165, 1.54) is 24.3 Å². The lowest BCUT2D eigenvalue weighted by atomic mass is 9.63. The average molecular weight is 1170 g/mol. The van der Waals surface area contributed by atoms with Gasteiger partial charge in [-0.05, 0) is 229 Å². The Morgan fingerprint density at radius 3 is 1.86 bits per heavy atom. The van der Waals surface area contributed by atoms with Crippen molar-refractivity contribution in [2.75, 3.05) is 0 Å². The van der Waals surface area contributed by atoms with Crippen molar-refractivity contribution < 1.29 is 62.8 Å². The summed E-state index contributed by atoms with van der Waals surface area (Å²) in [5.41, 5.74) is -25.5. The fourth-order valence-electron chi connectivity index (χ4n) is 11.9. The zero-order chi connectivity index (χ0) is 93.0. The van der Waals surface area contributed by atoms with Crippen LogP contribution in [0, 0.1) is 33.7 Å². The van der Waals surface area contributed by atoms with Crippen molar-refractivity contribution in [1.29, 1.82) is 0 Å². The van der Waals surface area contributed by atoms with Gasteiger partial charge in [0.2, 0.25) is 0 Å². The summed E-state index contributed by atoms with van der Waals surface area (Å²) in [6.07, 6.45) is -4.72. The van der Waals surface area contributed by atoms with Crippen molar-refractivity contribution >= 4 is 32.8 Å². The van der Waals surface area contributed by atoms with E-state index in [0.29, 0.717) is 11.3 Å². The average Bonchev–Trinajstić information content (AvgIpc) is 0.769. The molecular formula is C82H72N4O. The van der Waals surface area contributed by atoms with E-state index >= 15 is 0 Å². The van der Waals surface area contributed by atoms with Gasteiger partial charge in [-0.25, -0.2) is 4.98 Å². The minimum Gasteiger partial charge on any atom is -0.458 e. The molecule has 0 bridgehead atoms. The second-order valence-electron chi connectivity index (χ2n) is 22.6. The third kappa shape index (κ3) is 8.87. The normalized spacial score (nSPS) is 22.9. The third-order valence-corrected chi connectivity index (χ3v) is 16.0. The van der Waals surface area contributed by atoms with Crippen LogP contribution in [0.3, 0.4) is 0 Å². The molecule has 0 saturated heterocycles. The highest BCUT2D eigenvalue weighted by atomic mass is 16.5. The van der Waals surface area contributed by atoms with E-state index < -0.39 is 262 Å². The van der Waals surface area contributed by atoms with Crippen molar-refractivity contribution in [2.24, 2.45) is 0 Å². The molecule has 0 unspecified atom stereocenters. The number of ether oxygens (including phenoxy) is 1. The van der Waals surface area contributed by atoms with Gasteiger partial charge in [-0.1, -0.05) is 181 Å². The molecule has 3 aromatic heterocycles. The number of fused-ring (bicyclic) bond motifs is 11. The van der Waals surface area contributed by atoms with E-state index in [0.717, 1.165) is 91.7 Å². The van der Waals surface area contributed by atoms with Crippen molar-refractivity contribution in [3.05, 3.63) is 257 Å². The molecule has 0 amide bonds. The quantitative estimate of drug-likeness (QED) is 0.118. The Balaban J connectivity index is 1.21. The maximum Gasteiger partial charge on any atom is 0.269 e. The molecule has 1 aliphatic heterocycles. The van der Waals surface area contributed by atoms with Gasteiger partial charge in [0.1, 0.15) is 17.3 Å². The Morgan fingerprint density at radius 1 is 0.540 bits per heavy atom. The van der Waals surface area contributed by atoms with Gasteiger partial charge in [-0.2, -0.15) is 0 Å². The highest BCUT2D eigenvalue weighted by Gasteiger charge is 2.38. The number of aromatic nitrogens is 4. The molecule has 0 radical (unpaired) electrons. The number of hydrogen-bond acceptors (Lipinski definition) is 2. The number of benzene rings is 10. The highest BCUT2D eigenvalue weighted by molar-refractivity contribution is 6.10. The molecular weight excluding hydrogens is 1060 g/mol. The fraction of sp³-hybridized carbons (Fsp3) is 0.195. The molecule has 426 valence electrons. The van der Waals surface area contributed by atoms with Crippen molar-refractivity contribution in [1.82, 2.24) is 14.1 Å². The molecule has 4 heterocycles. The monoisotopic (exact) mass is 1170 g/mol. The van der Waals surface area contributed by atoms with Gasteiger partial charge in [0.05, 0.1) is 48.5 Å². The van der Waals surface area contributed by atoms with Crippen molar-refractivity contribution in [2.45, 2.75) is 105 Å².